The predicted molar refractivity (Wildman–Crippen MR) is 523 cm³/mol. The van der Waals surface area contributed by atoms with E-state index in [-0.39, 0.29) is 130 Å². The zero-order chi connectivity index (χ0) is 97.3. The Labute approximate surface area is 815 Å². The van der Waals surface area contributed by atoms with Gasteiger partial charge in [-0.05, 0) is 187 Å². The summed E-state index contributed by atoms with van der Waals surface area (Å²) in [7, 11) is 0. The normalized spacial score (nSPS) is 15.7. The molecule has 693 valence electrons. The first kappa shape index (κ1) is 96.7. The number of aliphatic hydroxyl groups is 3. The molecular weight excluding hydrogens is 2080 g/mol. The van der Waals surface area contributed by atoms with Crippen molar-refractivity contribution in [1.29, 1.82) is 0 Å². The average molecular weight is 2250 g/mol. The number of ketones is 3. The van der Waals surface area contributed by atoms with Crippen LogP contribution in [-0.4, -0.2) is 47.6 Å². The molecule has 3 radical (unpaired) electrons. The molecule has 12 rings (SSSR count). The second-order valence-electron chi connectivity index (χ2n) is 35.3. The standard InChI is InChI=1S/C25H28N.C24H26N.C23H24N.3C14H26O2.3Ir/c1-18-14-19(2)16-22(15-18)24-13-12-23-21(10-7-11-25(23)26-24)17-20-8-5-3-4-6-9-20;1-17-13-18(2)15-21(14-17)23-12-11-22-20(9-6-10-24(22)25-23)16-19-7-4-3-5-8-19;1-16-12-17(2)14-20(13-16)22-11-10-21-19(8-5-9-23(21)24-22)15-18-6-3-4-7-18;3*1-6-11(7-2)13(15)10(5)14(16)12(8-3)9-4;;;/h7,10-15,20H,3-6,8-9,17H2,1-2H3;6,9-14,19H,3-5,7-8,16H2,1-2H3;5,8-13,18H,3-4,6-7,15H2,1-2H3;3*11-12,15H,6-9H2,1-5H3;;;/q3*-1;;;;;;/i3*2D3;;;;;;. The van der Waals surface area contributed by atoms with Gasteiger partial charge in [0, 0.05) is 141 Å². The quantitative estimate of drug-likeness (QED) is 0.0173. The summed E-state index contributed by atoms with van der Waals surface area (Å²) in [6, 6.07) is 51.6. The SMILES string of the molecule is CCC(CC)C(=O)C(C)=C(O)C(CC)CC.CCC(CC)C(=O)C(C)=C(O)C(CC)CC.CCC(CC)C(=O)C(C)=C(O)C(CC)CC.[2H]C([2H])([2H])c1[c-]c(-c2ccc3c(CC4CCCC4)cccc3n2)cc(C)c1.[2H]C([2H])([2H])c1[c-]c(-c2ccc3c(CC4CCCCC4)cccc3n2)cc(C)c1.[2H]C([2H])([2H])c1[c-]c(-c2ccc3c(CC4CCCCCC4)cccc3n2)cc(C)c1.[Ir].[Ir].[Ir]. The van der Waals surface area contributed by atoms with Crippen molar-refractivity contribution in [3.05, 3.63) is 230 Å². The topological polar surface area (TPSA) is 151 Å². The minimum atomic E-state index is -2.16. The summed E-state index contributed by atoms with van der Waals surface area (Å²) in [6.45, 7) is 28.9. The van der Waals surface area contributed by atoms with Crippen molar-refractivity contribution < 1.29 is 102 Å². The number of allylic oxidation sites excluding steroid dienone is 6. The van der Waals surface area contributed by atoms with Crippen LogP contribution in [0.1, 0.15) is 340 Å². The van der Waals surface area contributed by atoms with Gasteiger partial charge in [0.15, 0.2) is 17.3 Å². The van der Waals surface area contributed by atoms with E-state index in [9.17, 15) is 29.7 Å². The van der Waals surface area contributed by atoms with Crippen LogP contribution in [0.2, 0.25) is 0 Å². The Kier molecular flexibility index (Phi) is 44.5. The van der Waals surface area contributed by atoms with Crippen LogP contribution in [-0.2, 0) is 94.0 Å². The number of hydrogen-bond acceptors (Lipinski definition) is 9. The van der Waals surface area contributed by atoms with Gasteiger partial charge >= 0.3 is 0 Å². The maximum absolute atomic E-state index is 12.1. The number of carbonyl (C=O) groups is 3. The molecule has 0 unspecified atom stereocenters. The molecule has 126 heavy (non-hydrogen) atoms. The van der Waals surface area contributed by atoms with Crippen molar-refractivity contribution >= 4 is 50.1 Å². The number of rotatable bonds is 30. The summed E-state index contributed by atoms with van der Waals surface area (Å²) in [5.41, 5.74) is 16.8. The van der Waals surface area contributed by atoms with Crippen molar-refractivity contribution in [3.8, 4) is 33.8 Å². The molecule has 0 bridgehead atoms. The third-order valence-corrected chi connectivity index (χ3v) is 26.5. The number of carbonyl (C=O) groups excluding carboxylic acids is 3. The zero-order valence-corrected chi connectivity index (χ0v) is 86.6. The van der Waals surface area contributed by atoms with E-state index in [4.69, 9.17) is 27.3 Å². The molecule has 3 aromatic heterocycles. The van der Waals surface area contributed by atoms with E-state index < -0.39 is 20.6 Å². The van der Waals surface area contributed by atoms with Crippen LogP contribution in [0.5, 0.6) is 0 Å². The molecule has 3 saturated carbocycles. The van der Waals surface area contributed by atoms with Crippen molar-refractivity contribution in [1.82, 2.24) is 15.0 Å². The maximum Gasteiger partial charge on any atom is 0.164 e. The van der Waals surface area contributed by atoms with Gasteiger partial charge in [0.1, 0.15) is 17.3 Å². The molecule has 3 aliphatic rings. The van der Waals surface area contributed by atoms with Gasteiger partial charge in [-0.1, -0.05) is 294 Å². The molecule has 6 aromatic carbocycles. The molecule has 3 fully saturated rings. The fourth-order valence-electron chi connectivity index (χ4n) is 18.5. The first-order chi connectivity index (χ1) is 62.8. The molecular formula is C114H156Ir3N3O6-3. The third kappa shape index (κ3) is 33.2. The van der Waals surface area contributed by atoms with E-state index >= 15 is 0 Å². The molecule has 9 nitrogen and oxygen atoms in total. The summed E-state index contributed by atoms with van der Waals surface area (Å²) >= 11 is 0. The monoisotopic (exact) mass is 2250 g/mol. The number of fused-ring (bicyclic) bond motifs is 3. The summed E-state index contributed by atoms with van der Waals surface area (Å²) in [4.78, 5) is 50.7. The van der Waals surface area contributed by atoms with Crippen LogP contribution in [0.25, 0.3) is 66.5 Å². The third-order valence-electron chi connectivity index (χ3n) is 26.5. The Balaban J connectivity index is 0.000000344. The van der Waals surface area contributed by atoms with Gasteiger partial charge in [0.25, 0.3) is 0 Å². The van der Waals surface area contributed by atoms with Crippen LogP contribution < -0.4 is 0 Å². The van der Waals surface area contributed by atoms with E-state index in [1.165, 1.54) is 129 Å². The minimum Gasteiger partial charge on any atom is -0.512 e. The van der Waals surface area contributed by atoms with Gasteiger partial charge in [-0.15, -0.1) is 105 Å². The number of hydrogen-bond donors (Lipinski definition) is 3. The number of aromatic nitrogens is 3. The summed E-state index contributed by atoms with van der Waals surface area (Å²) in [6.07, 6.45) is 34.0. The zero-order valence-electron chi connectivity index (χ0n) is 88.4. The second-order valence-corrected chi connectivity index (χ2v) is 35.3. The largest absolute Gasteiger partial charge is 0.512 e. The smallest absolute Gasteiger partial charge is 0.164 e. The Bertz CT molecular complexity index is 5150. The average Bonchev–Trinajstić information content (AvgIpc) is 1.23. The van der Waals surface area contributed by atoms with Gasteiger partial charge in [-0.3, -0.25) is 29.3 Å². The van der Waals surface area contributed by atoms with Crippen LogP contribution in [0.15, 0.2) is 161 Å². The number of nitrogens with zero attached hydrogens (tertiary/aromatic N) is 3. The van der Waals surface area contributed by atoms with Crippen molar-refractivity contribution in [2.75, 3.05) is 0 Å². The fraction of sp³-hybridized carbons (Fsp3) is 0.526. The van der Waals surface area contributed by atoms with E-state index in [1.54, 1.807) is 39.0 Å². The van der Waals surface area contributed by atoms with Crippen LogP contribution in [0.4, 0.5) is 0 Å². The van der Waals surface area contributed by atoms with Crippen LogP contribution in [0.3, 0.4) is 0 Å². The molecule has 9 aromatic rings. The second kappa shape index (κ2) is 58.0. The molecule has 0 spiro atoms. The first-order valence-corrected chi connectivity index (χ1v) is 47.4. The van der Waals surface area contributed by atoms with E-state index in [1.807, 2.05) is 152 Å². The van der Waals surface area contributed by atoms with Gasteiger partial charge in [-0.2, -0.15) is 0 Å². The minimum absolute atomic E-state index is 0. The number of pyridine rings is 3. The number of benzene rings is 6. The molecule has 12 heteroatoms. The fourth-order valence-corrected chi connectivity index (χ4v) is 18.5. The first-order valence-electron chi connectivity index (χ1n) is 51.9. The molecule has 3 aliphatic carbocycles. The van der Waals surface area contributed by atoms with Crippen molar-refractivity contribution in [2.45, 2.75) is 338 Å². The van der Waals surface area contributed by atoms with Gasteiger partial charge in [0.2, 0.25) is 0 Å². The molecule has 0 aliphatic heterocycles. The Morgan fingerprint density at radius 3 is 0.778 bits per heavy atom. The maximum atomic E-state index is 12.1. The molecule has 0 amide bonds. The molecule has 3 heterocycles. The molecule has 3 N–H and O–H groups in total. The molecule has 0 atom stereocenters. The summed E-state index contributed by atoms with van der Waals surface area (Å²) in [5, 5.41) is 33.8. The molecule has 0 saturated heterocycles. The Morgan fingerprint density at radius 2 is 0.556 bits per heavy atom. The van der Waals surface area contributed by atoms with E-state index in [0.29, 0.717) is 34.0 Å². The van der Waals surface area contributed by atoms with Crippen LogP contribution in [0, 0.1) is 113 Å². The summed E-state index contributed by atoms with van der Waals surface area (Å²) < 4.78 is 69.2. The van der Waals surface area contributed by atoms with E-state index in [2.05, 4.69) is 78.9 Å². The number of Topliss-reactive ketones (excluding diaryl/α,β-unsaturated/α-hetero) is 3. The Morgan fingerprint density at radius 1 is 0.333 bits per heavy atom. The summed E-state index contributed by atoms with van der Waals surface area (Å²) in [5.74, 6) is 4.24. The van der Waals surface area contributed by atoms with Crippen molar-refractivity contribution in [3.63, 3.8) is 0 Å². The van der Waals surface area contributed by atoms with E-state index in [0.717, 1.165) is 181 Å². The predicted octanol–water partition coefficient (Wildman–Crippen LogP) is 32.1. The van der Waals surface area contributed by atoms with Gasteiger partial charge in [-0.25, -0.2) is 0 Å². The number of aryl methyl sites for hydroxylation is 6. The van der Waals surface area contributed by atoms with Gasteiger partial charge < -0.3 is 15.3 Å². The van der Waals surface area contributed by atoms with Gasteiger partial charge in [0.05, 0.1) is 16.6 Å². The van der Waals surface area contributed by atoms with Crippen molar-refractivity contribution in [2.24, 2.45) is 53.3 Å². The Hall–Kier alpha value is -6.87. The number of aliphatic hydroxyl groups excluding tert-OH is 3. The van der Waals surface area contributed by atoms with Crippen LogP contribution >= 0.6 is 0 Å².